The van der Waals surface area contributed by atoms with Gasteiger partial charge in [0, 0.05) is 12.1 Å². The highest BCUT2D eigenvalue weighted by molar-refractivity contribution is 5.41. The monoisotopic (exact) mass is 267 g/mol. The molecule has 0 radical (unpaired) electrons. The molecule has 0 aromatic heterocycles. The van der Waals surface area contributed by atoms with Crippen LogP contribution in [0.15, 0.2) is 48.5 Å². The minimum atomic E-state index is 0.361. The van der Waals surface area contributed by atoms with Crippen LogP contribution in [0.4, 0.5) is 0 Å². The molecule has 0 saturated heterocycles. The maximum Gasteiger partial charge on any atom is 0.119 e. The van der Waals surface area contributed by atoms with Gasteiger partial charge in [0.15, 0.2) is 0 Å². The van der Waals surface area contributed by atoms with Gasteiger partial charge in [-0.25, -0.2) is 0 Å². The summed E-state index contributed by atoms with van der Waals surface area (Å²) in [6, 6.07) is 17.3. The lowest BCUT2D eigenvalue weighted by Gasteiger charge is -2.29. The summed E-state index contributed by atoms with van der Waals surface area (Å²) in [4.78, 5) is 0. The van der Waals surface area contributed by atoms with Crippen LogP contribution in [0.3, 0.4) is 0 Å². The van der Waals surface area contributed by atoms with E-state index in [1.807, 2.05) is 6.07 Å². The predicted molar refractivity (Wildman–Crippen MR) is 81.9 cm³/mol. The molecule has 0 amide bonds. The Hall–Kier alpha value is -1.80. The fourth-order valence-corrected chi connectivity index (χ4v) is 3.12. The molecular formula is C18H21NO. The van der Waals surface area contributed by atoms with Crippen molar-refractivity contribution in [1.29, 1.82) is 0 Å². The maximum absolute atomic E-state index is 9.88. The van der Waals surface area contributed by atoms with Crippen molar-refractivity contribution >= 4 is 0 Å². The van der Waals surface area contributed by atoms with Crippen LogP contribution in [0.5, 0.6) is 5.75 Å². The Morgan fingerprint density at radius 1 is 1.10 bits per heavy atom. The van der Waals surface area contributed by atoms with Crippen LogP contribution in [0.2, 0.25) is 0 Å². The number of aromatic hydroxyl groups is 1. The van der Waals surface area contributed by atoms with Gasteiger partial charge in [0.1, 0.15) is 5.75 Å². The van der Waals surface area contributed by atoms with E-state index in [9.17, 15) is 5.11 Å². The fourth-order valence-electron chi connectivity index (χ4n) is 3.12. The number of fused-ring (bicyclic) bond motifs is 1. The van der Waals surface area contributed by atoms with Gasteiger partial charge in [-0.15, -0.1) is 0 Å². The highest BCUT2D eigenvalue weighted by Gasteiger charge is 2.21. The van der Waals surface area contributed by atoms with Crippen molar-refractivity contribution in [2.75, 3.05) is 0 Å². The van der Waals surface area contributed by atoms with Crippen LogP contribution in [-0.4, -0.2) is 11.1 Å². The molecule has 0 bridgehead atoms. The van der Waals surface area contributed by atoms with Crippen LogP contribution in [0, 0.1) is 0 Å². The van der Waals surface area contributed by atoms with E-state index in [0.717, 1.165) is 24.8 Å². The van der Waals surface area contributed by atoms with Crippen molar-refractivity contribution in [3.8, 4) is 5.75 Å². The molecule has 0 spiro atoms. The van der Waals surface area contributed by atoms with Crippen molar-refractivity contribution in [3.63, 3.8) is 0 Å². The van der Waals surface area contributed by atoms with Gasteiger partial charge in [-0.3, -0.25) is 0 Å². The molecule has 0 fully saturated rings. The highest BCUT2D eigenvalue weighted by atomic mass is 16.3. The topological polar surface area (TPSA) is 32.3 Å². The van der Waals surface area contributed by atoms with E-state index in [4.69, 9.17) is 0 Å². The largest absolute Gasteiger partial charge is 0.508 e. The van der Waals surface area contributed by atoms with Crippen molar-refractivity contribution < 1.29 is 5.11 Å². The van der Waals surface area contributed by atoms with Crippen molar-refractivity contribution in [1.82, 2.24) is 5.32 Å². The molecule has 0 saturated carbocycles. The van der Waals surface area contributed by atoms with Crippen molar-refractivity contribution in [2.45, 2.75) is 38.3 Å². The van der Waals surface area contributed by atoms with Crippen LogP contribution < -0.4 is 5.32 Å². The van der Waals surface area contributed by atoms with Gasteiger partial charge in [-0.2, -0.15) is 0 Å². The predicted octanol–water partition coefficient (Wildman–Crippen LogP) is 3.60. The Morgan fingerprint density at radius 2 is 1.90 bits per heavy atom. The zero-order valence-electron chi connectivity index (χ0n) is 11.8. The van der Waals surface area contributed by atoms with E-state index in [1.165, 1.54) is 11.1 Å². The molecule has 1 aliphatic carbocycles. The molecule has 0 aliphatic heterocycles. The first-order valence-electron chi connectivity index (χ1n) is 7.35. The quantitative estimate of drug-likeness (QED) is 0.890. The number of hydrogen-bond donors (Lipinski definition) is 2. The molecule has 2 nitrogen and oxygen atoms in total. The molecule has 2 aromatic rings. The van der Waals surface area contributed by atoms with Crippen LogP contribution in [-0.2, 0) is 12.8 Å². The summed E-state index contributed by atoms with van der Waals surface area (Å²) < 4.78 is 0. The van der Waals surface area contributed by atoms with E-state index >= 15 is 0 Å². The summed E-state index contributed by atoms with van der Waals surface area (Å²) in [5, 5.41) is 13.6. The molecule has 1 aliphatic rings. The lowest BCUT2D eigenvalue weighted by Crippen LogP contribution is -2.36. The Balaban J connectivity index is 1.69. The summed E-state index contributed by atoms with van der Waals surface area (Å²) in [6.45, 7) is 2.22. The number of benzene rings is 2. The number of rotatable bonds is 3. The Labute approximate surface area is 120 Å². The summed E-state index contributed by atoms with van der Waals surface area (Å²) >= 11 is 0. The third-order valence-electron chi connectivity index (χ3n) is 4.24. The lowest BCUT2D eigenvalue weighted by atomic mass is 9.87. The minimum absolute atomic E-state index is 0.361. The summed E-state index contributed by atoms with van der Waals surface area (Å²) in [7, 11) is 0. The lowest BCUT2D eigenvalue weighted by molar-refractivity contribution is 0.402. The molecule has 20 heavy (non-hydrogen) atoms. The Morgan fingerprint density at radius 3 is 2.70 bits per heavy atom. The van der Waals surface area contributed by atoms with Gasteiger partial charge in [-0.1, -0.05) is 42.5 Å². The van der Waals surface area contributed by atoms with E-state index in [0.29, 0.717) is 17.8 Å². The summed E-state index contributed by atoms with van der Waals surface area (Å²) in [6.07, 6.45) is 3.05. The molecule has 0 unspecified atom stereocenters. The maximum atomic E-state index is 9.88. The van der Waals surface area contributed by atoms with Crippen LogP contribution in [0.25, 0.3) is 0 Å². The molecule has 104 valence electrons. The first-order chi connectivity index (χ1) is 9.74. The second-order valence-corrected chi connectivity index (χ2v) is 5.65. The number of nitrogens with one attached hydrogen (secondary N) is 1. The third kappa shape index (κ3) is 2.70. The fraction of sp³-hybridized carbons (Fsp3) is 0.333. The van der Waals surface area contributed by atoms with E-state index in [-0.39, 0.29) is 0 Å². The van der Waals surface area contributed by atoms with Crippen LogP contribution >= 0.6 is 0 Å². The zero-order valence-corrected chi connectivity index (χ0v) is 11.8. The molecule has 2 atom stereocenters. The summed E-state index contributed by atoms with van der Waals surface area (Å²) in [5.41, 5.74) is 3.75. The smallest absolute Gasteiger partial charge is 0.119 e. The highest BCUT2D eigenvalue weighted by Crippen LogP contribution is 2.29. The van der Waals surface area contributed by atoms with Gasteiger partial charge in [0.2, 0.25) is 0 Å². The third-order valence-corrected chi connectivity index (χ3v) is 4.24. The zero-order chi connectivity index (χ0) is 13.9. The van der Waals surface area contributed by atoms with Gasteiger partial charge in [-0.05, 0) is 48.9 Å². The minimum Gasteiger partial charge on any atom is -0.508 e. The van der Waals surface area contributed by atoms with E-state index < -0.39 is 0 Å². The molecule has 2 N–H and O–H groups in total. The standard InChI is InChI=1S/C18H21NO/c1-13(14-6-3-2-4-7-14)19-16-10-11-17-15(12-16)8-5-9-18(17)20/h2-9,13,16,19-20H,10-12H2,1H3/t13-,16-/m0/s1. The average molecular weight is 267 g/mol. The number of phenolic OH excluding ortho intramolecular Hbond substituents is 1. The van der Waals surface area contributed by atoms with Crippen molar-refractivity contribution in [2.24, 2.45) is 0 Å². The van der Waals surface area contributed by atoms with Gasteiger partial charge < -0.3 is 10.4 Å². The normalized spacial score (nSPS) is 19.4. The molecular weight excluding hydrogens is 246 g/mol. The number of phenols is 1. The van der Waals surface area contributed by atoms with E-state index in [1.54, 1.807) is 6.07 Å². The molecule has 2 aromatic carbocycles. The van der Waals surface area contributed by atoms with E-state index in [2.05, 4.69) is 48.6 Å². The molecule has 0 heterocycles. The second kappa shape index (κ2) is 5.68. The van der Waals surface area contributed by atoms with Gasteiger partial charge in [0.05, 0.1) is 0 Å². The molecule has 2 heteroatoms. The SMILES string of the molecule is C[C@H](N[C@H]1CCc2c(O)cccc2C1)c1ccccc1. The Bertz CT molecular complexity index is 579. The number of hydrogen-bond acceptors (Lipinski definition) is 2. The summed E-state index contributed by atoms with van der Waals surface area (Å²) in [5.74, 6) is 0.456. The van der Waals surface area contributed by atoms with Crippen molar-refractivity contribution in [3.05, 3.63) is 65.2 Å². The second-order valence-electron chi connectivity index (χ2n) is 5.65. The first kappa shape index (κ1) is 13.2. The Kier molecular flexibility index (Phi) is 3.75. The van der Waals surface area contributed by atoms with Crippen LogP contribution in [0.1, 0.15) is 36.1 Å². The first-order valence-corrected chi connectivity index (χ1v) is 7.35. The average Bonchev–Trinajstić information content (AvgIpc) is 2.48. The molecule has 3 rings (SSSR count). The van der Waals surface area contributed by atoms with Gasteiger partial charge in [0.25, 0.3) is 0 Å². The van der Waals surface area contributed by atoms with Gasteiger partial charge >= 0.3 is 0 Å².